The quantitative estimate of drug-likeness (QED) is 0.800. The number of nitrogens with zero attached hydrogens (tertiary/aromatic N) is 2. The number of morpholine rings is 1. The van der Waals surface area contributed by atoms with Crippen LogP contribution < -0.4 is 10.2 Å². The summed E-state index contributed by atoms with van der Waals surface area (Å²) in [7, 11) is 0. The van der Waals surface area contributed by atoms with Gasteiger partial charge < -0.3 is 19.4 Å². The third-order valence-electron chi connectivity index (χ3n) is 4.31. The highest BCUT2D eigenvalue weighted by molar-refractivity contribution is 5.95. The third-order valence-corrected chi connectivity index (χ3v) is 4.31. The number of amides is 1. The highest BCUT2D eigenvalue weighted by atomic mass is 16.5. The first kappa shape index (κ1) is 18.1. The molecule has 1 saturated heterocycles. The van der Waals surface area contributed by atoms with Crippen LogP contribution in [0.4, 0.5) is 11.5 Å². The van der Waals surface area contributed by atoms with Crippen LogP contribution in [0.1, 0.15) is 35.2 Å². The number of anilines is 2. The van der Waals surface area contributed by atoms with Crippen molar-refractivity contribution in [2.75, 3.05) is 36.5 Å². The van der Waals surface area contributed by atoms with Gasteiger partial charge in [-0.1, -0.05) is 0 Å². The molecular formula is C19H23N3O4. The molecule has 0 spiro atoms. The molecule has 1 aliphatic heterocycles. The summed E-state index contributed by atoms with van der Waals surface area (Å²) in [6, 6.07) is 5.46. The summed E-state index contributed by atoms with van der Waals surface area (Å²) in [6.07, 6.45) is 2.38. The van der Waals surface area contributed by atoms with E-state index in [1.807, 2.05) is 12.1 Å². The molecule has 3 heterocycles. The summed E-state index contributed by atoms with van der Waals surface area (Å²) in [4.78, 5) is 30.1. The summed E-state index contributed by atoms with van der Waals surface area (Å²) >= 11 is 0. The molecule has 0 aliphatic carbocycles. The number of carbonyl (C=O) groups excluding carboxylic acids is 2. The molecule has 1 fully saturated rings. The SMILES string of the molecule is CC(=O)c1cc(CCC(=O)Nc2ccc(N3CCOCC3)nc2)oc1C. The molecule has 1 aliphatic rings. The fourth-order valence-electron chi connectivity index (χ4n) is 2.92. The standard InChI is InChI=1S/C19H23N3O4/c1-13(23)17-11-16(26-14(17)2)4-6-19(24)21-15-3-5-18(20-12-15)22-7-9-25-10-8-22/h3,5,11-12H,4,6-10H2,1-2H3,(H,21,24). The van der Waals surface area contributed by atoms with Gasteiger partial charge in [-0.05, 0) is 32.0 Å². The Morgan fingerprint density at radius 1 is 1.27 bits per heavy atom. The largest absolute Gasteiger partial charge is 0.466 e. The van der Waals surface area contributed by atoms with Gasteiger partial charge in [0.2, 0.25) is 5.91 Å². The van der Waals surface area contributed by atoms with Crippen LogP contribution in [0.5, 0.6) is 0 Å². The van der Waals surface area contributed by atoms with Crippen LogP contribution in [0.3, 0.4) is 0 Å². The van der Waals surface area contributed by atoms with Crippen molar-refractivity contribution in [1.82, 2.24) is 4.98 Å². The van der Waals surface area contributed by atoms with Gasteiger partial charge in [0.1, 0.15) is 17.3 Å². The van der Waals surface area contributed by atoms with Crippen molar-refractivity contribution in [1.29, 1.82) is 0 Å². The minimum Gasteiger partial charge on any atom is -0.466 e. The van der Waals surface area contributed by atoms with E-state index in [1.165, 1.54) is 6.92 Å². The van der Waals surface area contributed by atoms with Crippen molar-refractivity contribution in [3.8, 4) is 0 Å². The van der Waals surface area contributed by atoms with E-state index in [2.05, 4.69) is 15.2 Å². The monoisotopic (exact) mass is 357 g/mol. The van der Waals surface area contributed by atoms with Crippen molar-refractivity contribution in [2.24, 2.45) is 0 Å². The molecular weight excluding hydrogens is 334 g/mol. The van der Waals surface area contributed by atoms with E-state index in [0.29, 0.717) is 42.4 Å². The van der Waals surface area contributed by atoms with E-state index in [4.69, 9.17) is 9.15 Å². The van der Waals surface area contributed by atoms with E-state index >= 15 is 0 Å². The third kappa shape index (κ3) is 4.49. The predicted octanol–water partition coefficient (Wildman–Crippen LogP) is 2.59. The molecule has 3 rings (SSSR count). The smallest absolute Gasteiger partial charge is 0.224 e. The van der Waals surface area contributed by atoms with Gasteiger partial charge in [0.05, 0.1) is 30.7 Å². The lowest BCUT2D eigenvalue weighted by atomic mass is 10.1. The number of pyridine rings is 1. The van der Waals surface area contributed by atoms with Crippen LogP contribution in [0.2, 0.25) is 0 Å². The number of hydrogen-bond acceptors (Lipinski definition) is 6. The number of aryl methyl sites for hydroxylation is 2. The highest BCUT2D eigenvalue weighted by Crippen LogP contribution is 2.18. The number of hydrogen-bond donors (Lipinski definition) is 1. The fraction of sp³-hybridized carbons (Fsp3) is 0.421. The van der Waals surface area contributed by atoms with Gasteiger partial charge in [-0.2, -0.15) is 0 Å². The van der Waals surface area contributed by atoms with Crippen LogP contribution >= 0.6 is 0 Å². The van der Waals surface area contributed by atoms with Gasteiger partial charge in [0, 0.05) is 25.9 Å². The van der Waals surface area contributed by atoms with Gasteiger partial charge in [-0.15, -0.1) is 0 Å². The molecule has 0 unspecified atom stereocenters. The number of Topliss-reactive ketones (excluding diaryl/α,β-unsaturated/α-hetero) is 1. The predicted molar refractivity (Wildman–Crippen MR) is 97.7 cm³/mol. The normalized spacial score (nSPS) is 14.3. The number of rotatable bonds is 6. The minimum atomic E-state index is -0.121. The van der Waals surface area contributed by atoms with Crippen LogP contribution in [0.15, 0.2) is 28.8 Å². The summed E-state index contributed by atoms with van der Waals surface area (Å²) in [5.41, 5.74) is 1.23. The number of furan rings is 1. The molecule has 26 heavy (non-hydrogen) atoms. The van der Waals surface area contributed by atoms with Gasteiger partial charge >= 0.3 is 0 Å². The van der Waals surface area contributed by atoms with Gasteiger partial charge in [-0.3, -0.25) is 9.59 Å². The average molecular weight is 357 g/mol. The molecule has 2 aromatic rings. The van der Waals surface area contributed by atoms with E-state index in [9.17, 15) is 9.59 Å². The van der Waals surface area contributed by atoms with Crippen molar-refractivity contribution < 1.29 is 18.7 Å². The second kappa shape index (κ2) is 8.14. The lowest BCUT2D eigenvalue weighted by molar-refractivity contribution is -0.116. The summed E-state index contributed by atoms with van der Waals surface area (Å²) in [5, 5.41) is 2.83. The van der Waals surface area contributed by atoms with Crippen LogP contribution in [0, 0.1) is 6.92 Å². The summed E-state index contributed by atoms with van der Waals surface area (Å²) in [5.74, 6) is 1.96. The zero-order chi connectivity index (χ0) is 18.5. The Hall–Kier alpha value is -2.67. The Morgan fingerprint density at radius 3 is 2.65 bits per heavy atom. The molecule has 7 heteroatoms. The Balaban J connectivity index is 1.51. The van der Waals surface area contributed by atoms with Gasteiger partial charge in [0.15, 0.2) is 5.78 Å². The molecule has 7 nitrogen and oxygen atoms in total. The second-order valence-corrected chi connectivity index (χ2v) is 6.29. The molecule has 0 atom stereocenters. The lowest BCUT2D eigenvalue weighted by Gasteiger charge is -2.27. The zero-order valence-electron chi connectivity index (χ0n) is 15.1. The first-order valence-corrected chi connectivity index (χ1v) is 8.72. The fourth-order valence-corrected chi connectivity index (χ4v) is 2.92. The molecule has 138 valence electrons. The van der Waals surface area contributed by atoms with E-state index < -0.39 is 0 Å². The average Bonchev–Trinajstić information content (AvgIpc) is 3.02. The van der Waals surface area contributed by atoms with Gasteiger partial charge in [-0.25, -0.2) is 4.98 Å². The van der Waals surface area contributed by atoms with Crippen molar-refractivity contribution in [3.63, 3.8) is 0 Å². The zero-order valence-corrected chi connectivity index (χ0v) is 15.1. The van der Waals surface area contributed by atoms with E-state index in [0.717, 1.165) is 18.9 Å². The minimum absolute atomic E-state index is 0.0339. The molecule has 1 N–H and O–H groups in total. The van der Waals surface area contributed by atoms with Crippen LogP contribution in [-0.2, 0) is 16.0 Å². The van der Waals surface area contributed by atoms with Crippen molar-refractivity contribution in [3.05, 3.63) is 41.5 Å². The molecule has 0 radical (unpaired) electrons. The number of ether oxygens (including phenoxy) is 1. The van der Waals surface area contributed by atoms with Crippen LogP contribution in [0.25, 0.3) is 0 Å². The molecule has 0 aromatic carbocycles. The maximum atomic E-state index is 12.1. The Kier molecular flexibility index (Phi) is 5.68. The Bertz CT molecular complexity index is 777. The van der Waals surface area contributed by atoms with Crippen molar-refractivity contribution in [2.45, 2.75) is 26.7 Å². The second-order valence-electron chi connectivity index (χ2n) is 6.29. The maximum Gasteiger partial charge on any atom is 0.224 e. The number of aromatic nitrogens is 1. The Morgan fingerprint density at radius 2 is 2.04 bits per heavy atom. The summed E-state index contributed by atoms with van der Waals surface area (Å²) in [6.45, 7) is 6.31. The summed E-state index contributed by atoms with van der Waals surface area (Å²) < 4.78 is 10.9. The van der Waals surface area contributed by atoms with Gasteiger partial charge in [0.25, 0.3) is 0 Å². The molecule has 0 saturated carbocycles. The first-order valence-electron chi connectivity index (χ1n) is 8.72. The molecule has 1 amide bonds. The number of carbonyl (C=O) groups is 2. The number of ketones is 1. The molecule has 2 aromatic heterocycles. The molecule has 0 bridgehead atoms. The highest BCUT2D eigenvalue weighted by Gasteiger charge is 2.14. The number of nitrogens with one attached hydrogen (secondary N) is 1. The lowest BCUT2D eigenvalue weighted by Crippen LogP contribution is -2.36. The van der Waals surface area contributed by atoms with Crippen LogP contribution in [-0.4, -0.2) is 43.0 Å². The van der Waals surface area contributed by atoms with Crippen molar-refractivity contribution >= 4 is 23.2 Å². The van der Waals surface area contributed by atoms with E-state index in [1.54, 1.807) is 19.2 Å². The topological polar surface area (TPSA) is 84.7 Å². The maximum absolute atomic E-state index is 12.1. The Labute approximate surface area is 152 Å². The van der Waals surface area contributed by atoms with E-state index in [-0.39, 0.29) is 18.1 Å². The first-order chi connectivity index (χ1) is 12.5.